The molecule has 0 aliphatic carbocycles. The second-order valence-electron chi connectivity index (χ2n) is 2.65. The number of hydrogen-bond donors (Lipinski definition) is 1. The second kappa shape index (κ2) is 5.62. The number of benzene rings is 1. The summed E-state index contributed by atoms with van der Waals surface area (Å²) in [5.74, 6) is 0.808. The lowest BCUT2D eigenvalue weighted by Crippen LogP contribution is -2.28. The second-order valence-corrected chi connectivity index (χ2v) is 2.65. The van der Waals surface area contributed by atoms with Crippen LogP contribution in [0.2, 0.25) is 0 Å². The van der Waals surface area contributed by atoms with E-state index in [9.17, 15) is 0 Å². The van der Waals surface area contributed by atoms with E-state index in [2.05, 4.69) is 0 Å². The van der Waals surface area contributed by atoms with Crippen LogP contribution < -0.4 is 4.74 Å². The van der Waals surface area contributed by atoms with Crippen LogP contribution in [0.3, 0.4) is 0 Å². The predicted molar refractivity (Wildman–Crippen MR) is 54.1 cm³/mol. The van der Waals surface area contributed by atoms with Crippen molar-refractivity contribution in [3.05, 3.63) is 29.8 Å². The maximum absolute atomic E-state index is 8.77. The average Bonchev–Trinajstić information content (AvgIpc) is 2.31. The molecular formula is C11H16O3. The first-order valence-corrected chi connectivity index (χ1v) is 4.87. The molecule has 1 aliphatic rings. The van der Waals surface area contributed by atoms with Crippen LogP contribution in [0.5, 0.6) is 5.75 Å². The quantitative estimate of drug-likeness (QED) is 0.746. The van der Waals surface area contributed by atoms with E-state index in [1.54, 1.807) is 0 Å². The Bertz CT molecular complexity index is 273. The van der Waals surface area contributed by atoms with Crippen LogP contribution in [-0.4, -0.2) is 18.0 Å². The lowest BCUT2D eigenvalue weighted by molar-refractivity contribution is -0.130. The van der Waals surface area contributed by atoms with Crippen LogP contribution >= 0.6 is 0 Å². The van der Waals surface area contributed by atoms with E-state index in [1.165, 1.54) is 0 Å². The number of aliphatic hydroxyl groups is 1. The van der Waals surface area contributed by atoms with Crippen LogP contribution in [0, 0.1) is 0 Å². The molecule has 3 nitrogen and oxygen atoms in total. The SMILES string of the molecule is CC.OCC1OCc2ccccc2O1. The fourth-order valence-corrected chi connectivity index (χ4v) is 1.19. The zero-order valence-electron chi connectivity index (χ0n) is 8.56. The highest BCUT2D eigenvalue weighted by molar-refractivity contribution is 5.33. The summed E-state index contributed by atoms with van der Waals surface area (Å²) in [4.78, 5) is 0. The molecule has 78 valence electrons. The van der Waals surface area contributed by atoms with Gasteiger partial charge in [0.15, 0.2) is 0 Å². The Kier molecular flexibility index (Phi) is 4.43. The van der Waals surface area contributed by atoms with Crippen LogP contribution in [-0.2, 0) is 11.3 Å². The van der Waals surface area contributed by atoms with Crippen molar-refractivity contribution in [1.29, 1.82) is 0 Å². The molecule has 0 saturated heterocycles. The topological polar surface area (TPSA) is 38.7 Å². The van der Waals surface area contributed by atoms with Gasteiger partial charge in [0.1, 0.15) is 12.4 Å². The van der Waals surface area contributed by atoms with E-state index < -0.39 is 6.29 Å². The first-order valence-electron chi connectivity index (χ1n) is 4.87. The highest BCUT2D eigenvalue weighted by Crippen LogP contribution is 2.24. The average molecular weight is 196 g/mol. The Morgan fingerprint density at radius 2 is 2.07 bits per heavy atom. The van der Waals surface area contributed by atoms with Gasteiger partial charge >= 0.3 is 0 Å². The fraction of sp³-hybridized carbons (Fsp3) is 0.455. The van der Waals surface area contributed by atoms with E-state index in [1.807, 2.05) is 38.1 Å². The van der Waals surface area contributed by atoms with Gasteiger partial charge in [0, 0.05) is 5.56 Å². The van der Waals surface area contributed by atoms with E-state index in [4.69, 9.17) is 14.6 Å². The van der Waals surface area contributed by atoms with Crippen molar-refractivity contribution in [2.45, 2.75) is 26.7 Å². The van der Waals surface area contributed by atoms with Crippen LogP contribution in [0.15, 0.2) is 24.3 Å². The molecule has 0 saturated carbocycles. The molecule has 2 rings (SSSR count). The van der Waals surface area contributed by atoms with Gasteiger partial charge in [-0.3, -0.25) is 0 Å². The zero-order valence-corrected chi connectivity index (χ0v) is 8.56. The Morgan fingerprint density at radius 3 is 2.79 bits per heavy atom. The molecule has 1 heterocycles. The molecule has 1 aromatic rings. The van der Waals surface area contributed by atoms with Gasteiger partial charge in [-0.25, -0.2) is 0 Å². The molecule has 0 spiro atoms. The highest BCUT2D eigenvalue weighted by atomic mass is 16.7. The maximum atomic E-state index is 8.77. The Labute approximate surface area is 84.3 Å². The first-order chi connectivity index (χ1) is 6.90. The minimum atomic E-state index is -0.500. The molecule has 0 bridgehead atoms. The lowest BCUT2D eigenvalue weighted by atomic mass is 10.2. The summed E-state index contributed by atoms with van der Waals surface area (Å²) < 4.78 is 10.5. The first kappa shape index (κ1) is 11.0. The van der Waals surface area contributed by atoms with E-state index in [-0.39, 0.29) is 6.61 Å². The Balaban J connectivity index is 0.000000461. The van der Waals surface area contributed by atoms with Gasteiger partial charge in [0.25, 0.3) is 0 Å². The highest BCUT2D eigenvalue weighted by Gasteiger charge is 2.17. The number of ether oxygens (including phenoxy) is 2. The minimum Gasteiger partial charge on any atom is -0.462 e. The zero-order chi connectivity index (χ0) is 10.4. The molecule has 1 atom stereocenters. The van der Waals surface area contributed by atoms with Gasteiger partial charge in [-0.1, -0.05) is 32.0 Å². The van der Waals surface area contributed by atoms with Gasteiger partial charge < -0.3 is 14.6 Å². The Hall–Kier alpha value is -1.06. The van der Waals surface area contributed by atoms with Crippen LogP contribution in [0.1, 0.15) is 19.4 Å². The number of rotatable bonds is 1. The third-order valence-corrected chi connectivity index (χ3v) is 1.80. The molecular weight excluding hydrogens is 180 g/mol. The summed E-state index contributed by atoms with van der Waals surface area (Å²) in [5.41, 5.74) is 1.03. The third-order valence-electron chi connectivity index (χ3n) is 1.80. The molecule has 0 aromatic heterocycles. The van der Waals surface area contributed by atoms with Crippen molar-refractivity contribution in [2.75, 3.05) is 6.61 Å². The van der Waals surface area contributed by atoms with Crippen molar-refractivity contribution < 1.29 is 14.6 Å². The summed E-state index contributed by atoms with van der Waals surface area (Å²) in [6.07, 6.45) is -0.500. The fourth-order valence-electron chi connectivity index (χ4n) is 1.19. The van der Waals surface area contributed by atoms with Crippen molar-refractivity contribution >= 4 is 0 Å². The predicted octanol–water partition coefficient (Wildman–Crippen LogP) is 1.94. The normalized spacial score (nSPS) is 18.6. The molecule has 14 heavy (non-hydrogen) atoms. The van der Waals surface area contributed by atoms with Crippen LogP contribution in [0.4, 0.5) is 0 Å². The number of para-hydroxylation sites is 1. The maximum Gasteiger partial charge on any atom is 0.223 e. The van der Waals surface area contributed by atoms with Crippen molar-refractivity contribution in [3.8, 4) is 5.75 Å². The summed E-state index contributed by atoms with van der Waals surface area (Å²) in [6.45, 7) is 4.41. The summed E-state index contributed by atoms with van der Waals surface area (Å²) in [5, 5.41) is 8.77. The van der Waals surface area contributed by atoms with Gasteiger partial charge in [0.05, 0.1) is 6.61 Å². The smallest absolute Gasteiger partial charge is 0.223 e. The molecule has 3 heteroatoms. The minimum absolute atomic E-state index is 0.103. The molecule has 1 aromatic carbocycles. The lowest BCUT2D eigenvalue weighted by Gasteiger charge is -2.24. The molecule has 0 fully saturated rings. The summed E-state index contributed by atoms with van der Waals surface area (Å²) in [7, 11) is 0. The summed E-state index contributed by atoms with van der Waals surface area (Å²) in [6, 6.07) is 7.66. The molecule has 1 N–H and O–H groups in total. The van der Waals surface area contributed by atoms with E-state index in [0.29, 0.717) is 6.61 Å². The van der Waals surface area contributed by atoms with E-state index in [0.717, 1.165) is 11.3 Å². The molecule has 1 aliphatic heterocycles. The van der Waals surface area contributed by atoms with E-state index >= 15 is 0 Å². The molecule has 0 amide bonds. The van der Waals surface area contributed by atoms with Crippen molar-refractivity contribution in [1.82, 2.24) is 0 Å². The van der Waals surface area contributed by atoms with Crippen LogP contribution in [0.25, 0.3) is 0 Å². The van der Waals surface area contributed by atoms with Gasteiger partial charge in [0.2, 0.25) is 6.29 Å². The largest absolute Gasteiger partial charge is 0.462 e. The standard InChI is InChI=1S/C9H10O3.C2H6/c10-5-9-11-6-7-3-1-2-4-8(7)12-9;1-2/h1-4,9-10H,5-6H2;1-2H3. The number of hydrogen-bond acceptors (Lipinski definition) is 3. The van der Waals surface area contributed by atoms with Gasteiger partial charge in [-0.15, -0.1) is 0 Å². The summed E-state index contributed by atoms with van der Waals surface area (Å²) >= 11 is 0. The molecule has 1 unspecified atom stereocenters. The Morgan fingerprint density at radius 1 is 1.36 bits per heavy atom. The molecule has 0 radical (unpaired) electrons. The van der Waals surface area contributed by atoms with Gasteiger partial charge in [-0.05, 0) is 6.07 Å². The third kappa shape index (κ3) is 2.47. The number of aliphatic hydroxyl groups excluding tert-OH is 1. The van der Waals surface area contributed by atoms with Crippen molar-refractivity contribution in [2.24, 2.45) is 0 Å². The number of fused-ring (bicyclic) bond motifs is 1. The monoisotopic (exact) mass is 196 g/mol. The van der Waals surface area contributed by atoms with Gasteiger partial charge in [-0.2, -0.15) is 0 Å². The van der Waals surface area contributed by atoms with Crippen molar-refractivity contribution in [3.63, 3.8) is 0 Å².